The van der Waals surface area contributed by atoms with E-state index < -0.39 is 0 Å². The van der Waals surface area contributed by atoms with Gasteiger partial charge in [-0.05, 0) is 30.2 Å². The van der Waals surface area contributed by atoms with Gasteiger partial charge in [0.1, 0.15) is 10.4 Å². The van der Waals surface area contributed by atoms with Gasteiger partial charge in [-0.3, -0.25) is 4.79 Å². The quantitative estimate of drug-likeness (QED) is 0.799. The Hall–Kier alpha value is -2.14. The number of ether oxygens (including phenoxy) is 1. The minimum Gasteiger partial charge on any atom is -0.494 e. The second kappa shape index (κ2) is 5.46. The molecule has 5 heteroatoms. The summed E-state index contributed by atoms with van der Waals surface area (Å²) >= 11 is 1.45. The third-order valence-electron chi connectivity index (χ3n) is 2.91. The number of hydrogen-bond acceptors (Lipinski definition) is 4. The predicted molar refractivity (Wildman–Crippen MR) is 81.5 cm³/mol. The molecule has 0 atom stereocenters. The van der Waals surface area contributed by atoms with Crippen molar-refractivity contribution < 1.29 is 4.74 Å². The maximum absolute atomic E-state index is 11.7. The molecule has 0 spiro atoms. The molecule has 0 saturated carbocycles. The zero-order chi connectivity index (χ0) is 13.9. The Morgan fingerprint density at radius 2 is 2.25 bits per heavy atom. The van der Waals surface area contributed by atoms with Gasteiger partial charge < -0.3 is 9.72 Å². The summed E-state index contributed by atoms with van der Waals surface area (Å²) < 4.78 is 6.29. The minimum atomic E-state index is -0.0929. The number of thiophene rings is 1. The van der Waals surface area contributed by atoms with Crippen molar-refractivity contribution in [3.8, 4) is 16.2 Å². The van der Waals surface area contributed by atoms with Crippen LogP contribution in [0.3, 0.4) is 0 Å². The number of nitrogens with zero attached hydrogens (tertiary/aromatic N) is 1. The highest BCUT2D eigenvalue weighted by atomic mass is 32.1. The summed E-state index contributed by atoms with van der Waals surface area (Å²) in [6.45, 7) is 2.78. The van der Waals surface area contributed by atoms with Crippen molar-refractivity contribution in [1.82, 2.24) is 9.97 Å². The van der Waals surface area contributed by atoms with Crippen LogP contribution in [0.5, 0.6) is 5.75 Å². The Kier molecular flexibility index (Phi) is 3.52. The standard InChI is InChI=1S/C15H14N2O2S/c1-2-6-19-11-5-3-4-10(7-11)13-8-12-14(20-13)15(18)17-9-16-12/h3-5,7-9H,2,6H2,1H3,(H,16,17,18). The first kappa shape index (κ1) is 12.9. The molecule has 0 bridgehead atoms. The molecular weight excluding hydrogens is 272 g/mol. The highest BCUT2D eigenvalue weighted by Gasteiger charge is 2.08. The van der Waals surface area contributed by atoms with E-state index in [0.29, 0.717) is 11.3 Å². The van der Waals surface area contributed by atoms with Crippen molar-refractivity contribution in [2.24, 2.45) is 0 Å². The Bertz CT molecular complexity index is 792. The highest BCUT2D eigenvalue weighted by molar-refractivity contribution is 7.22. The van der Waals surface area contributed by atoms with Crippen LogP contribution in [0.15, 0.2) is 41.5 Å². The summed E-state index contributed by atoms with van der Waals surface area (Å²) in [6.07, 6.45) is 2.41. The van der Waals surface area contributed by atoms with Crippen LogP contribution in [0.25, 0.3) is 20.7 Å². The lowest BCUT2D eigenvalue weighted by Gasteiger charge is -2.05. The van der Waals surface area contributed by atoms with Crippen molar-refractivity contribution in [3.05, 3.63) is 47.0 Å². The number of rotatable bonds is 4. The second-order valence-corrected chi connectivity index (χ2v) is 5.49. The van der Waals surface area contributed by atoms with Crippen molar-refractivity contribution in [2.75, 3.05) is 6.61 Å². The SMILES string of the molecule is CCCOc1cccc(-c2cc3nc[nH]c(=O)c3s2)c1. The van der Waals surface area contributed by atoms with E-state index in [2.05, 4.69) is 16.9 Å². The number of benzene rings is 1. The summed E-state index contributed by atoms with van der Waals surface area (Å²) in [5.74, 6) is 0.851. The number of fused-ring (bicyclic) bond motifs is 1. The maximum Gasteiger partial charge on any atom is 0.268 e. The first-order valence-electron chi connectivity index (χ1n) is 6.48. The van der Waals surface area contributed by atoms with Crippen molar-refractivity contribution >= 4 is 21.6 Å². The molecular formula is C15H14N2O2S. The largest absolute Gasteiger partial charge is 0.494 e. The van der Waals surface area contributed by atoms with Gasteiger partial charge in [0.15, 0.2) is 0 Å². The Labute approximate surface area is 120 Å². The van der Waals surface area contributed by atoms with E-state index in [-0.39, 0.29) is 5.56 Å². The molecule has 0 aliphatic carbocycles. The van der Waals surface area contributed by atoms with E-state index in [1.807, 2.05) is 30.3 Å². The molecule has 1 aromatic carbocycles. The summed E-state index contributed by atoms with van der Waals surface area (Å²) in [7, 11) is 0. The smallest absolute Gasteiger partial charge is 0.268 e. The number of nitrogens with one attached hydrogen (secondary N) is 1. The number of aromatic nitrogens is 2. The maximum atomic E-state index is 11.7. The van der Waals surface area contributed by atoms with Gasteiger partial charge in [0.05, 0.1) is 18.5 Å². The predicted octanol–water partition coefficient (Wildman–Crippen LogP) is 3.44. The monoisotopic (exact) mass is 286 g/mol. The average molecular weight is 286 g/mol. The molecule has 1 N–H and O–H groups in total. The third kappa shape index (κ3) is 2.44. The first-order valence-corrected chi connectivity index (χ1v) is 7.30. The number of hydrogen-bond donors (Lipinski definition) is 1. The zero-order valence-corrected chi connectivity index (χ0v) is 11.9. The molecule has 0 saturated heterocycles. The summed E-state index contributed by atoms with van der Waals surface area (Å²) in [6, 6.07) is 9.85. The van der Waals surface area contributed by atoms with Gasteiger partial charge in [0, 0.05) is 4.88 Å². The average Bonchev–Trinajstić information content (AvgIpc) is 2.91. The van der Waals surface area contributed by atoms with Crippen molar-refractivity contribution in [1.29, 1.82) is 0 Å². The van der Waals surface area contributed by atoms with Crippen molar-refractivity contribution in [2.45, 2.75) is 13.3 Å². The molecule has 4 nitrogen and oxygen atoms in total. The van der Waals surface area contributed by atoms with Crippen molar-refractivity contribution in [3.63, 3.8) is 0 Å². The second-order valence-electron chi connectivity index (χ2n) is 4.43. The Balaban J connectivity index is 2.02. The fraction of sp³-hybridized carbons (Fsp3) is 0.200. The molecule has 102 valence electrons. The van der Waals surface area contributed by atoms with Gasteiger partial charge in [-0.1, -0.05) is 19.1 Å². The van der Waals surface area contributed by atoms with Crippen LogP contribution < -0.4 is 10.3 Å². The van der Waals surface area contributed by atoms with Crippen LogP contribution in [0.2, 0.25) is 0 Å². The summed E-state index contributed by atoms with van der Waals surface area (Å²) in [5, 5.41) is 0. The molecule has 0 aliphatic heterocycles. The lowest BCUT2D eigenvalue weighted by molar-refractivity contribution is 0.317. The van der Waals surface area contributed by atoms with Gasteiger partial charge in [0.2, 0.25) is 0 Å². The summed E-state index contributed by atoms with van der Waals surface area (Å²) in [5.41, 5.74) is 1.68. The van der Waals surface area contributed by atoms with Gasteiger partial charge >= 0.3 is 0 Å². The van der Waals surface area contributed by atoms with Crippen LogP contribution in [0.1, 0.15) is 13.3 Å². The van der Waals surface area contributed by atoms with Gasteiger partial charge in [-0.2, -0.15) is 0 Å². The van der Waals surface area contributed by atoms with Gasteiger partial charge in [0.25, 0.3) is 5.56 Å². The van der Waals surface area contributed by atoms with E-state index in [0.717, 1.165) is 28.1 Å². The van der Waals surface area contributed by atoms with Crippen LogP contribution in [-0.4, -0.2) is 16.6 Å². The van der Waals surface area contributed by atoms with E-state index in [1.165, 1.54) is 17.7 Å². The van der Waals surface area contributed by atoms with Crippen LogP contribution in [0, 0.1) is 0 Å². The molecule has 3 aromatic rings. The molecule has 20 heavy (non-hydrogen) atoms. The molecule has 2 aromatic heterocycles. The van der Waals surface area contributed by atoms with Gasteiger partial charge in [-0.25, -0.2) is 4.98 Å². The molecule has 2 heterocycles. The minimum absolute atomic E-state index is 0.0929. The Morgan fingerprint density at radius 3 is 3.05 bits per heavy atom. The van der Waals surface area contributed by atoms with E-state index >= 15 is 0 Å². The van der Waals surface area contributed by atoms with E-state index in [4.69, 9.17) is 4.74 Å². The van der Waals surface area contributed by atoms with Crippen LogP contribution >= 0.6 is 11.3 Å². The fourth-order valence-corrected chi connectivity index (χ4v) is 2.97. The van der Waals surface area contributed by atoms with E-state index in [9.17, 15) is 4.79 Å². The molecule has 0 amide bonds. The summed E-state index contributed by atoms with van der Waals surface area (Å²) in [4.78, 5) is 19.5. The van der Waals surface area contributed by atoms with Gasteiger partial charge in [-0.15, -0.1) is 11.3 Å². The molecule has 3 rings (SSSR count). The lowest BCUT2D eigenvalue weighted by Crippen LogP contribution is -2.02. The zero-order valence-electron chi connectivity index (χ0n) is 11.1. The topological polar surface area (TPSA) is 55.0 Å². The lowest BCUT2D eigenvalue weighted by atomic mass is 10.2. The normalized spacial score (nSPS) is 10.8. The van der Waals surface area contributed by atoms with Crippen LogP contribution in [0.4, 0.5) is 0 Å². The van der Waals surface area contributed by atoms with Crippen LogP contribution in [-0.2, 0) is 0 Å². The first-order chi connectivity index (χ1) is 9.78. The Morgan fingerprint density at radius 1 is 1.35 bits per heavy atom. The van der Waals surface area contributed by atoms with E-state index in [1.54, 1.807) is 0 Å². The third-order valence-corrected chi connectivity index (χ3v) is 4.08. The molecule has 0 unspecified atom stereocenters. The number of H-pyrrole nitrogens is 1. The fourth-order valence-electron chi connectivity index (χ4n) is 1.97. The highest BCUT2D eigenvalue weighted by Crippen LogP contribution is 2.32. The molecule has 0 aliphatic rings. The molecule has 0 radical (unpaired) electrons. The molecule has 0 fully saturated rings. The number of aromatic amines is 1.